The van der Waals surface area contributed by atoms with Crippen LogP contribution in [0.2, 0.25) is 0 Å². The van der Waals surface area contributed by atoms with Crippen molar-refractivity contribution in [2.75, 3.05) is 18.8 Å². The molecule has 5 nitrogen and oxygen atoms in total. The molecule has 2 aromatic rings. The second kappa shape index (κ2) is 5.57. The molecule has 0 aliphatic carbocycles. The lowest BCUT2D eigenvalue weighted by Crippen LogP contribution is -2.29. The molecule has 1 saturated heterocycles. The first-order chi connectivity index (χ1) is 9.66. The normalized spacial score (nSPS) is 15.2. The summed E-state index contributed by atoms with van der Waals surface area (Å²) in [5.74, 6) is 0.475. The van der Waals surface area contributed by atoms with E-state index in [0.717, 1.165) is 25.9 Å². The average molecular weight is 309 g/mol. The fourth-order valence-electron chi connectivity index (χ4n) is 2.28. The zero-order valence-corrected chi connectivity index (χ0v) is 12.8. The van der Waals surface area contributed by atoms with Gasteiger partial charge < -0.3 is 4.90 Å². The van der Waals surface area contributed by atoms with Crippen molar-refractivity contribution in [1.29, 1.82) is 0 Å². The van der Waals surface area contributed by atoms with Crippen molar-refractivity contribution in [1.82, 2.24) is 14.5 Å². The zero-order chi connectivity index (χ0) is 14.1. The summed E-state index contributed by atoms with van der Waals surface area (Å²) in [6.45, 7) is 1.71. The van der Waals surface area contributed by atoms with Crippen molar-refractivity contribution in [3.8, 4) is 0 Å². The average Bonchev–Trinajstić information content (AvgIpc) is 3.11. The molecule has 20 heavy (non-hydrogen) atoms. The minimum atomic E-state index is -0.0406. The number of carbonyl (C=O) groups excluding carboxylic acids is 1. The van der Waals surface area contributed by atoms with Crippen molar-refractivity contribution >= 4 is 39.2 Å². The first kappa shape index (κ1) is 13.6. The lowest BCUT2D eigenvalue weighted by atomic mass is 10.4. The fraction of sp³-hybridized carbons (Fsp3) is 0.462. The van der Waals surface area contributed by atoms with Crippen molar-refractivity contribution in [2.24, 2.45) is 7.05 Å². The molecule has 0 radical (unpaired) electrons. The van der Waals surface area contributed by atoms with Crippen LogP contribution in [0.15, 0.2) is 21.4 Å². The molecule has 2 aromatic heterocycles. The van der Waals surface area contributed by atoms with Crippen LogP contribution in [0.3, 0.4) is 0 Å². The first-order valence-corrected chi connectivity index (χ1v) is 8.38. The predicted molar refractivity (Wildman–Crippen MR) is 81.4 cm³/mol. The van der Waals surface area contributed by atoms with E-state index in [0.29, 0.717) is 21.1 Å². The molecule has 0 spiro atoms. The van der Waals surface area contributed by atoms with Gasteiger partial charge in [0.15, 0.2) is 5.16 Å². The number of hydrogen-bond donors (Lipinski definition) is 0. The third-order valence-corrected chi connectivity index (χ3v) is 5.34. The zero-order valence-electron chi connectivity index (χ0n) is 11.2. The molecule has 0 unspecified atom stereocenters. The third-order valence-electron chi connectivity index (χ3n) is 3.43. The highest BCUT2D eigenvalue weighted by atomic mass is 32.2. The number of aromatic nitrogens is 2. The van der Waals surface area contributed by atoms with Crippen LogP contribution in [0.4, 0.5) is 0 Å². The summed E-state index contributed by atoms with van der Waals surface area (Å²) in [6.07, 6.45) is 2.18. The number of nitrogens with zero attached hydrogens (tertiary/aromatic N) is 3. The Morgan fingerprint density at radius 2 is 2.20 bits per heavy atom. The summed E-state index contributed by atoms with van der Waals surface area (Å²) in [7, 11) is 1.71. The Labute approximate surface area is 124 Å². The lowest BCUT2D eigenvalue weighted by Gasteiger charge is -2.15. The number of likely N-dealkylation sites (tertiary alicyclic amines) is 1. The Morgan fingerprint density at radius 1 is 1.45 bits per heavy atom. The Balaban J connectivity index is 1.78. The maximum Gasteiger partial charge on any atom is 0.271 e. The monoisotopic (exact) mass is 309 g/mol. The van der Waals surface area contributed by atoms with E-state index in [9.17, 15) is 9.59 Å². The summed E-state index contributed by atoms with van der Waals surface area (Å²) in [4.78, 5) is 30.5. The van der Waals surface area contributed by atoms with E-state index in [-0.39, 0.29) is 11.5 Å². The van der Waals surface area contributed by atoms with Gasteiger partial charge in [-0.2, -0.15) is 0 Å². The molecule has 0 N–H and O–H groups in total. The molecule has 1 aliphatic heterocycles. The number of fused-ring (bicyclic) bond motifs is 1. The van der Waals surface area contributed by atoms with Crippen molar-refractivity contribution in [2.45, 2.75) is 18.0 Å². The Morgan fingerprint density at radius 3 is 2.95 bits per heavy atom. The van der Waals surface area contributed by atoms with E-state index in [2.05, 4.69) is 4.98 Å². The van der Waals surface area contributed by atoms with Crippen LogP contribution in [0.5, 0.6) is 0 Å². The maximum atomic E-state index is 12.1. The van der Waals surface area contributed by atoms with Gasteiger partial charge in [0.25, 0.3) is 5.56 Å². The molecule has 106 valence electrons. The van der Waals surface area contributed by atoms with Gasteiger partial charge in [0.2, 0.25) is 5.91 Å². The molecule has 3 heterocycles. The highest BCUT2D eigenvalue weighted by molar-refractivity contribution is 7.99. The van der Waals surface area contributed by atoms with Gasteiger partial charge in [-0.25, -0.2) is 4.98 Å². The molecule has 0 bridgehead atoms. The number of rotatable bonds is 3. The van der Waals surface area contributed by atoms with Crippen LogP contribution in [0.25, 0.3) is 10.2 Å². The van der Waals surface area contributed by atoms with Gasteiger partial charge in [-0.3, -0.25) is 14.2 Å². The second-order valence-electron chi connectivity index (χ2n) is 4.77. The van der Waals surface area contributed by atoms with Gasteiger partial charge in [-0.15, -0.1) is 11.3 Å². The van der Waals surface area contributed by atoms with Crippen LogP contribution in [-0.2, 0) is 11.8 Å². The molecule has 0 aromatic carbocycles. The summed E-state index contributed by atoms with van der Waals surface area (Å²) >= 11 is 2.74. The number of thioether (sulfide) groups is 1. The minimum Gasteiger partial charge on any atom is -0.342 e. The number of hydrogen-bond acceptors (Lipinski definition) is 5. The quantitative estimate of drug-likeness (QED) is 0.640. The molecular weight excluding hydrogens is 294 g/mol. The Hall–Kier alpha value is -1.34. The molecule has 1 aliphatic rings. The SMILES string of the molecule is Cn1c(SCC(=O)N2CCCC2)nc2ccsc2c1=O. The summed E-state index contributed by atoms with van der Waals surface area (Å²) in [5.41, 5.74) is 0.676. The van der Waals surface area contributed by atoms with Gasteiger partial charge in [-0.1, -0.05) is 11.8 Å². The number of amides is 1. The van der Waals surface area contributed by atoms with Crippen molar-refractivity contribution < 1.29 is 4.79 Å². The molecule has 0 atom stereocenters. The summed E-state index contributed by atoms with van der Waals surface area (Å²) in [6, 6.07) is 1.84. The largest absolute Gasteiger partial charge is 0.342 e. The van der Waals surface area contributed by atoms with Crippen molar-refractivity contribution in [3.05, 3.63) is 21.8 Å². The third kappa shape index (κ3) is 2.47. The van der Waals surface area contributed by atoms with E-state index < -0.39 is 0 Å². The fourth-order valence-corrected chi connectivity index (χ4v) is 3.96. The molecule has 1 amide bonds. The van der Waals surface area contributed by atoms with Crippen LogP contribution in [0, 0.1) is 0 Å². The highest BCUT2D eigenvalue weighted by Gasteiger charge is 2.19. The summed E-state index contributed by atoms with van der Waals surface area (Å²) in [5, 5.41) is 2.47. The lowest BCUT2D eigenvalue weighted by molar-refractivity contribution is -0.127. The van der Waals surface area contributed by atoms with Gasteiger partial charge in [0, 0.05) is 20.1 Å². The van der Waals surface area contributed by atoms with Gasteiger partial charge in [-0.05, 0) is 24.3 Å². The van der Waals surface area contributed by atoms with Crippen LogP contribution >= 0.6 is 23.1 Å². The standard InChI is InChI=1S/C13H15N3O2S2/c1-15-12(18)11-9(4-7-19-11)14-13(15)20-8-10(17)16-5-2-3-6-16/h4,7H,2-3,5-6,8H2,1H3. The molecule has 0 saturated carbocycles. The van der Waals surface area contributed by atoms with E-state index >= 15 is 0 Å². The number of carbonyl (C=O) groups is 1. The minimum absolute atomic E-state index is 0.0406. The van der Waals surface area contributed by atoms with Gasteiger partial charge in [0.05, 0.1) is 11.3 Å². The van der Waals surface area contributed by atoms with Crippen LogP contribution in [0.1, 0.15) is 12.8 Å². The van der Waals surface area contributed by atoms with Crippen LogP contribution < -0.4 is 5.56 Å². The topological polar surface area (TPSA) is 55.2 Å². The Kier molecular flexibility index (Phi) is 3.80. The van der Waals surface area contributed by atoms with E-state index in [1.807, 2.05) is 16.3 Å². The smallest absolute Gasteiger partial charge is 0.271 e. The predicted octanol–water partition coefficient (Wildman–Crippen LogP) is 1.71. The van der Waals surface area contributed by atoms with Crippen LogP contribution in [-0.4, -0.2) is 39.2 Å². The molecular formula is C13H15N3O2S2. The summed E-state index contributed by atoms with van der Waals surface area (Å²) < 4.78 is 2.20. The van der Waals surface area contributed by atoms with Crippen molar-refractivity contribution in [3.63, 3.8) is 0 Å². The maximum absolute atomic E-state index is 12.1. The molecule has 3 rings (SSSR count). The van der Waals surface area contributed by atoms with Gasteiger partial charge in [0.1, 0.15) is 4.70 Å². The number of thiophene rings is 1. The highest BCUT2D eigenvalue weighted by Crippen LogP contribution is 2.21. The molecule has 1 fully saturated rings. The first-order valence-electron chi connectivity index (χ1n) is 6.51. The second-order valence-corrected chi connectivity index (χ2v) is 6.63. The Bertz CT molecular complexity index is 701. The van der Waals surface area contributed by atoms with E-state index in [1.54, 1.807) is 7.05 Å². The van der Waals surface area contributed by atoms with E-state index in [4.69, 9.17) is 0 Å². The molecule has 7 heteroatoms. The van der Waals surface area contributed by atoms with E-state index in [1.165, 1.54) is 27.7 Å². The van der Waals surface area contributed by atoms with Gasteiger partial charge >= 0.3 is 0 Å².